The number of H-pyrrole nitrogens is 1. The highest BCUT2D eigenvalue weighted by molar-refractivity contribution is 7.80. The van der Waals surface area contributed by atoms with Crippen LogP contribution in [0.4, 0.5) is 10.1 Å². The van der Waals surface area contributed by atoms with Crippen molar-refractivity contribution in [2.75, 3.05) is 4.90 Å². The van der Waals surface area contributed by atoms with Crippen LogP contribution in [0, 0.1) is 5.82 Å². The first-order chi connectivity index (χ1) is 11.8. The summed E-state index contributed by atoms with van der Waals surface area (Å²) in [6, 6.07) is 15.9. The molecule has 0 bridgehead atoms. The summed E-state index contributed by atoms with van der Waals surface area (Å²) in [5, 5.41) is 3.77. The van der Waals surface area contributed by atoms with Gasteiger partial charge in [-0.3, -0.25) is 4.98 Å². The van der Waals surface area contributed by atoms with E-state index in [1.165, 1.54) is 6.07 Å². The Balaban J connectivity index is 1.84. The van der Waals surface area contributed by atoms with Crippen molar-refractivity contribution in [3.05, 3.63) is 84.2 Å². The van der Waals surface area contributed by atoms with E-state index in [0.717, 1.165) is 11.4 Å². The van der Waals surface area contributed by atoms with Crippen LogP contribution in [0.3, 0.4) is 0 Å². The number of aromatic nitrogens is 2. The van der Waals surface area contributed by atoms with Gasteiger partial charge in [-0.2, -0.15) is 0 Å². The van der Waals surface area contributed by atoms with Crippen LogP contribution < -0.4 is 10.2 Å². The fourth-order valence-electron chi connectivity index (χ4n) is 3.11. The van der Waals surface area contributed by atoms with Gasteiger partial charge in [0.1, 0.15) is 11.9 Å². The van der Waals surface area contributed by atoms with Crippen LogP contribution in [0.25, 0.3) is 0 Å². The molecule has 0 unspecified atom stereocenters. The van der Waals surface area contributed by atoms with E-state index in [2.05, 4.69) is 15.3 Å². The molecule has 4 nitrogen and oxygen atoms in total. The van der Waals surface area contributed by atoms with Crippen LogP contribution in [0.5, 0.6) is 0 Å². The molecule has 2 atom stereocenters. The van der Waals surface area contributed by atoms with Gasteiger partial charge in [0.15, 0.2) is 5.11 Å². The van der Waals surface area contributed by atoms with Gasteiger partial charge in [0.05, 0.1) is 17.4 Å². The Morgan fingerprint density at radius 3 is 2.58 bits per heavy atom. The van der Waals surface area contributed by atoms with E-state index in [1.54, 1.807) is 24.4 Å². The van der Waals surface area contributed by atoms with E-state index in [4.69, 9.17) is 12.2 Å². The molecular formula is C18H15FN4S. The molecule has 6 heteroatoms. The van der Waals surface area contributed by atoms with Crippen LogP contribution in [0.1, 0.15) is 23.5 Å². The predicted molar refractivity (Wildman–Crippen MR) is 95.1 cm³/mol. The lowest BCUT2D eigenvalue weighted by atomic mass is 10.0. The highest BCUT2D eigenvalue weighted by Gasteiger charge is 2.41. The minimum Gasteiger partial charge on any atom is -0.363 e. The summed E-state index contributed by atoms with van der Waals surface area (Å²) in [5.41, 5.74) is 2.26. The highest BCUT2D eigenvalue weighted by atomic mass is 32.1. The molecule has 3 heterocycles. The van der Waals surface area contributed by atoms with Crippen molar-refractivity contribution >= 4 is 23.0 Å². The number of halogens is 1. The minimum atomic E-state index is -0.306. The Morgan fingerprint density at radius 1 is 1.04 bits per heavy atom. The molecule has 0 radical (unpaired) electrons. The number of pyridine rings is 1. The molecule has 0 spiro atoms. The Kier molecular flexibility index (Phi) is 3.74. The monoisotopic (exact) mass is 338 g/mol. The maximum atomic E-state index is 14.4. The molecule has 0 amide bonds. The molecule has 4 rings (SSSR count). The van der Waals surface area contributed by atoms with E-state index < -0.39 is 0 Å². The predicted octanol–water partition coefficient (Wildman–Crippen LogP) is 3.73. The molecule has 1 saturated heterocycles. The number of thiocarbonyl (C=S) groups is 1. The second-order valence-corrected chi connectivity index (χ2v) is 5.96. The molecular weight excluding hydrogens is 323 g/mol. The SMILES string of the molecule is Fc1ccccc1N1C(=S)N[C@H](c2ccccn2)[C@H]1c1ccc[nH]1. The van der Waals surface area contributed by atoms with Gasteiger partial charge >= 0.3 is 0 Å². The third kappa shape index (κ3) is 2.45. The number of hydrogen-bond donors (Lipinski definition) is 2. The molecule has 2 N–H and O–H groups in total. The second-order valence-electron chi connectivity index (χ2n) is 5.57. The number of rotatable bonds is 3. The maximum absolute atomic E-state index is 14.4. The molecule has 120 valence electrons. The zero-order valence-electron chi connectivity index (χ0n) is 12.7. The van der Waals surface area contributed by atoms with Crippen LogP contribution in [0.2, 0.25) is 0 Å². The first-order valence-electron chi connectivity index (χ1n) is 7.64. The van der Waals surface area contributed by atoms with Gasteiger partial charge in [-0.05, 0) is 48.6 Å². The fourth-order valence-corrected chi connectivity index (χ4v) is 3.44. The van der Waals surface area contributed by atoms with E-state index >= 15 is 0 Å². The summed E-state index contributed by atoms with van der Waals surface area (Å²) in [4.78, 5) is 9.49. The molecule has 1 fully saturated rings. The van der Waals surface area contributed by atoms with Gasteiger partial charge in [-0.25, -0.2) is 4.39 Å². The Labute approximate surface area is 144 Å². The zero-order valence-corrected chi connectivity index (χ0v) is 13.5. The van der Waals surface area contributed by atoms with Crippen molar-refractivity contribution < 1.29 is 4.39 Å². The number of anilines is 1. The van der Waals surface area contributed by atoms with Crippen molar-refractivity contribution in [2.45, 2.75) is 12.1 Å². The van der Waals surface area contributed by atoms with Crippen LogP contribution in [-0.2, 0) is 0 Å². The number of nitrogens with one attached hydrogen (secondary N) is 2. The summed E-state index contributed by atoms with van der Waals surface area (Å²) >= 11 is 5.52. The summed E-state index contributed by atoms with van der Waals surface area (Å²) in [6.45, 7) is 0. The van der Waals surface area contributed by atoms with E-state index in [9.17, 15) is 4.39 Å². The number of aromatic amines is 1. The third-order valence-corrected chi connectivity index (χ3v) is 4.47. The quantitative estimate of drug-likeness (QED) is 0.714. The lowest BCUT2D eigenvalue weighted by molar-refractivity contribution is 0.550. The number of para-hydroxylation sites is 1. The molecule has 0 aliphatic carbocycles. The highest BCUT2D eigenvalue weighted by Crippen LogP contribution is 2.41. The normalized spacial score (nSPS) is 20.2. The topological polar surface area (TPSA) is 44.0 Å². The lowest BCUT2D eigenvalue weighted by Gasteiger charge is -2.27. The van der Waals surface area contributed by atoms with Gasteiger partial charge in [0.2, 0.25) is 0 Å². The summed E-state index contributed by atoms with van der Waals surface area (Å²) in [5.74, 6) is -0.306. The van der Waals surface area contributed by atoms with Crippen LogP contribution in [-0.4, -0.2) is 15.1 Å². The standard InChI is InChI=1S/C18H15FN4S/c19-12-6-1-2-9-15(12)23-17(14-8-5-11-21-14)16(22-18(23)24)13-7-3-4-10-20-13/h1-11,16-17,21H,(H,22,24)/t16-,17-/m1/s1. The molecule has 1 aromatic carbocycles. The Bertz CT molecular complexity index is 850. The van der Waals surface area contributed by atoms with Crippen molar-refractivity contribution in [3.63, 3.8) is 0 Å². The van der Waals surface area contributed by atoms with Crippen LogP contribution in [0.15, 0.2) is 67.0 Å². The lowest BCUT2D eigenvalue weighted by Crippen LogP contribution is -2.30. The zero-order chi connectivity index (χ0) is 16.5. The number of benzene rings is 1. The van der Waals surface area contributed by atoms with Crippen molar-refractivity contribution in [1.82, 2.24) is 15.3 Å². The fraction of sp³-hybridized carbons (Fsp3) is 0.111. The van der Waals surface area contributed by atoms with Gasteiger partial charge in [0, 0.05) is 18.1 Å². The van der Waals surface area contributed by atoms with Gasteiger partial charge in [-0.1, -0.05) is 18.2 Å². The first kappa shape index (κ1) is 14.8. The molecule has 1 aliphatic heterocycles. The molecule has 2 aromatic heterocycles. The first-order valence-corrected chi connectivity index (χ1v) is 8.05. The smallest absolute Gasteiger partial charge is 0.174 e. The average molecular weight is 338 g/mol. The third-order valence-electron chi connectivity index (χ3n) is 4.15. The summed E-state index contributed by atoms with van der Waals surface area (Å²) < 4.78 is 14.4. The second kappa shape index (κ2) is 6.05. The van der Waals surface area contributed by atoms with Crippen molar-refractivity contribution in [2.24, 2.45) is 0 Å². The summed E-state index contributed by atoms with van der Waals surface area (Å²) in [7, 11) is 0. The number of nitrogens with zero attached hydrogens (tertiary/aromatic N) is 2. The molecule has 24 heavy (non-hydrogen) atoms. The average Bonchev–Trinajstić information content (AvgIpc) is 3.24. The molecule has 0 saturated carbocycles. The van der Waals surface area contributed by atoms with Gasteiger partial charge in [-0.15, -0.1) is 0 Å². The summed E-state index contributed by atoms with van der Waals surface area (Å²) in [6.07, 6.45) is 3.60. The van der Waals surface area contributed by atoms with Gasteiger partial charge in [0.25, 0.3) is 0 Å². The van der Waals surface area contributed by atoms with Crippen molar-refractivity contribution in [3.8, 4) is 0 Å². The van der Waals surface area contributed by atoms with E-state index in [-0.39, 0.29) is 17.9 Å². The van der Waals surface area contributed by atoms with Crippen molar-refractivity contribution in [1.29, 1.82) is 0 Å². The van der Waals surface area contributed by atoms with Gasteiger partial charge < -0.3 is 15.2 Å². The molecule has 1 aliphatic rings. The van der Waals surface area contributed by atoms with Crippen LogP contribution >= 0.6 is 12.2 Å². The van der Waals surface area contributed by atoms with E-state index in [1.807, 2.05) is 41.4 Å². The molecule has 3 aromatic rings. The minimum absolute atomic E-state index is 0.169. The maximum Gasteiger partial charge on any atom is 0.174 e. The largest absolute Gasteiger partial charge is 0.363 e. The number of hydrogen-bond acceptors (Lipinski definition) is 2. The Hall–Kier alpha value is -2.73. The van der Waals surface area contributed by atoms with E-state index in [0.29, 0.717) is 10.8 Å². The Morgan fingerprint density at radius 2 is 1.88 bits per heavy atom.